The first kappa shape index (κ1) is 35.9. The van der Waals surface area contributed by atoms with Crippen LogP contribution in [0.25, 0.3) is 0 Å². The molecule has 0 bridgehead atoms. The Balaban J connectivity index is 0.00000268. The molecule has 3 atom stereocenters. The molecule has 2 aliphatic rings. The molecule has 0 aromatic carbocycles. The molecule has 1 saturated carbocycles. The highest BCUT2D eigenvalue weighted by molar-refractivity contribution is 6.38. The minimum Gasteiger partial charge on any atom is -0.444 e. The molecule has 1 saturated heterocycles. The summed E-state index contributed by atoms with van der Waals surface area (Å²) < 4.78 is 5.42. The molecule has 1 aliphatic carbocycles. The van der Waals surface area contributed by atoms with Gasteiger partial charge in [-0.1, -0.05) is 51.7 Å². The zero-order valence-corrected chi connectivity index (χ0v) is 25.8. The molecule has 10 heteroatoms. The Morgan fingerprint density at radius 1 is 0.951 bits per heavy atom. The molecule has 2 fully saturated rings. The van der Waals surface area contributed by atoms with Crippen molar-refractivity contribution in [2.45, 2.75) is 123 Å². The fourth-order valence-corrected chi connectivity index (χ4v) is 5.00. The molecular formula is C31H52N4O6. The molecule has 3 N–H and O–H groups in total. The highest BCUT2D eigenvalue weighted by Crippen LogP contribution is 2.29. The lowest BCUT2D eigenvalue weighted by Gasteiger charge is -2.35. The summed E-state index contributed by atoms with van der Waals surface area (Å²) in [5, 5.41) is 7.93. The maximum atomic E-state index is 13.8. The van der Waals surface area contributed by atoms with Crippen LogP contribution in [0.5, 0.6) is 0 Å². The first-order valence-electron chi connectivity index (χ1n) is 15.0. The number of Topliss-reactive ketones (excluding diaryl/α,β-unsaturated/α-hetero) is 1. The Morgan fingerprint density at radius 3 is 2.15 bits per heavy atom. The van der Waals surface area contributed by atoms with E-state index in [1.165, 1.54) is 17.4 Å². The van der Waals surface area contributed by atoms with Gasteiger partial charge in [0, 0.05) is 13.1 Å². The Hall–Kier alpha value is -3.17. The molecule has 4 amide bonds. The Morgan fingerprint density at radius 2 is 1.59 bits per heavy atom. The van der Waals surface area contributed by atoms with Crippen LogP contribution in [0.2, 0.25) is 0 Å². The highest BCUT2D eigenvalue weighted by atomic mass is 16.6. The lowest BCUT2D eigenvalue weighted by atomic mass is 9.83. The molecule has 0 aromatic rings. The number of rotatable bonds is 12. The van der Waals surface area contributed by atoms with Crippen molar-refractivity contribution >= 4 is 29.6 Å². The number of likely N-dealkylation sites (tertiary alicyclic amines) is 1. The van der Waals surface area contributed by atoms with E-state index >= 15 is 0 Å². The molecule has 0 aromatic heterocycles. The van der Waals surface area contributed by atoms with Crippen LogP contribution in [-0.4, -0.2) is 71.3 Å². The van der Waals surface area contributed by atoms with Crippen molar-refractivity contribution in [1.29, 1.82) is 0 Å². The number of carbonyl (C=O) groups is 5. The summed E-state index contributed by atoms with van der Waals surface area (Å²) in [6.45, 7) is 17.2. The zero-order chi connectivity index (χ0) is 31.0. The number of ketones is 1. The van der Waals surface area contributed by atoms with Crippen LogP contribution in [-0.2, 0) is 23.9 Å². The molecule has 1 heterocycles. The van der Waals surface area contributed by atoms with E-state index in [1.807, 2.05) is 0 Å². The summed E-state index contributed by atoms with van der Waals surface area (Å²) in [6, 6.07) is -2.65. The normalized spacial score (nSPS) is 18.6. The predicted molar refractivity (Wildman–Crippen MR) is 160 cm³/mol. The minimum atomic E-state index is -1.04. The summed E-state index contributed by atoms with van der Waals surface area (Å²) in [5.74, 6) is -2.43. The average molecular weight is 577 g/mol. The van der Waals surface area contributed by atoms with E-state index in [9.17, 15) is 24.0 Å². The van der Waals surface area contributed by atoms with Gasteiger partial charge in [0.2, 0.25) is 17.6 Å². The van der Waals surface area contributed by atoms with Gasteiger partial charge in [0.15, 0.2) is 0 Å². The number of nitrogens with zero attached hydrogens (tertiary/aromatic N) is 1. The van der Waals surface area contributed by atoms with Crippen LogP contribution in [0.1, 0.15) is 98.8 Å². The van der Waals surface area contributed by atoms with Gasteiger partial charge in [-0.3, -0.25) is 19.2 Å². The summed E-state index contributed by atoms with van der Waals surface area (Å²) in [6.07, 6.45) is 9.93. The smallest absolute Gasteiger partial charge is 0.408 e. The lowest BCUT2D eigenvalue weighted by Crippen LogP contribution is -2.58. The first-order chi connectivity index (χ1) is 19.4. The van der Waals surface area contributed by atoms with E-state index in [1.54, 1.807) is 26.8 Å². The molecular weight excluding hydrogens is 524 g/mol. The van der Waals surface area contributed by atoms with Crippen LogP contribution < -0.4 is 16.0 Å². The lowest BCUT2D eigenvalue weighted by molar-refractivity contribution is -0.143. The van der Waals surface area contributed by atoms with E-state index in [-0.39, 0.29) is 24.8 Å². The zero-order valence-electron chi connectivity index (χ0n) is 25.8. The van der Waals surface area contributed by atoms with E-state index in [0.717, 1.165) is 32.1 Å². The van der Waals surface area contributed by atoms with Crippen molar-refractivity contribution in [2.24, 2.45) is 5.92 Å². The second-order valence-electron chi connectivity index (χ2n) is 11.7. The fraction of sp³-hybridized carbons (Fsp3) is 0.710. The summed E-state index contributed by atoms with van der Waals surface area (Å²) in [7, 11) is 0. The molecule has 10 nitrogen and oxygen atoms in total. The predicted octanol–water partition coefficient (Wildman–Crippen LogP) is 4.19. The highest BCUT2D eigenvalue weighted by Gasteiger charge is 2.42. The van der Waals surface area contributed by atoms with Crippen LogP contribution in [0.15, 0.2) is 25.3 Å². The molecule has 2 unspecified atom stereocenters. The average Bonchev–Trinajstić information content (AvgIpc) is 3.42. The number of carbonyl (C=O) groups excluding carboxylic acids is 5. The molecule has 1 aliphatic heterocycles. The summed E-state index contributed by atoms with van der Waals surface area (Å²) >= 11 is 0. The number of hydrogen-bond acceptors (Lipinski definition) is 6. The SMILES string of the molecule is C=CCCC(NC(=O)[C@@H]1CCCN1C(=O)C(NC(=O)OC(C)(C)C)C1CCCCC1)C(=O)C(=O)NCC=C.CCC. The van der Waals surface area contributed by atoms with Crippen molar-refractivity contribution in [3.05, 3.63) is 25.3 Å². The van der Waals surface area contributed by atoms with Gasteiger partial charge >= 0.3 is 6.09 Å². The second-order valence-corrected chi connectivity index (χ2v) is 11.7. The minimum absolute atomic E-state index is 0.0523. The molecule has 0 spiro atoms. The number of allylic oxidation sites excluding steroid dienone is 1. The third-order valence-corrected chi connectivity index (χ3v) is 6.82. The van der Waals surface area contributed by atoms with Gasteiger partial charge in [-0.2, -0.15) is 0 Å². The van der Waals surface area contributed by atoms with Gasteiger partial charge in [0.05, 0.1) is 6.04 Å². The largest absolute Gasteiger partial charge is 0.444 e. The van der Waals surface area contributed by atoms with Crippen LogP contribution in [0.3, 0.4) is 0 Å². The van der Waals surface area contributed by atoms with E-state index in [0.29, 0.717) is 25.8 Å². The second kappa shape index (κ2) is 18.3. The van der Waals surface area contributed by atoms with Gasteiger partial charge in [-0.05, 0) is 65.2 Å². The maximum Gasteiger partial charge on any atom is 0.408 e. The van der Waals surface area contributed by atoms with Gasteiger partial charge in [0.25, 0.3) is 5.91 Å². The van der Waals surface area contributed by atoms with Crippen LogP contribution >= 0.6 is 0 Å². The Bertz CT molecular complexity index is 907. The van der Waals surface area contributed by atoms with Gasteiger partial charge in [0.1, 0.15) is 17.7 Å². The number of nitrogens with one attached hydrogen (secondary N) is 3. The van der Waals surface area contributed by atoms with Gasteiger partial charge in [-0.15, -0.1) is 13.2 Å². The quantitative estimate of drug-likeness (QED) is 0.236. The Kier molecular flexibility index (Phi) is 16.0. The van der Waals surface area contributed by atoms with Crippen molar-refractivity contribution in [3.63, 3.8) is 0 Å². The van der Waals surface area contributed by atoms with Crippen molar-refractivity contribution in [1.82, 2.24) is 20.9 Å². The number of alkyl carbamates (subject to hydrolysis) is 1. The maximum absolute atomic E-state index is 13.8. The van der Waals surface area contributed by atoms with Crippen molar-refractivity contribution in [2.75, 3.05) is 13.1 Å². The first-order valence-corrected chi connectivity index (χ1v) is 15.0. The third kappa shape index (κ3) is 12.5. The van der Waals surface area contributed by atoms with E-state index < -0.39 is 47.4 Å². The molecule has 0 radical (unpaired) electrons. The summed E-state index contributed by atoms with van der Waals surface area (Å²) in [4.78, 5) is 66.3. The van der Waals surface area contributed by atoms with Gasteiger partial charge < -0.3 is 25.6 Å². The standard InChI is InChI=1S/C28H44N4O6.C3H8/c1-6-8-15-20(23(33)25(35)29-17-7-2)30-24(34)21-16-12-18-32(21)26(36)22(19-13-10-9-11-14-19)31-27(37)38-28(3,4)5;1-3-2/h6-7,19-22H,1-2,8-18H2,3-5H3,(H,29,35)(H,30,34)(H,31,37);3H2,1-2H3/t20?,21-,22?;/m0./s1. The van der Waals surface area contributed by atoms with Crippen molar-refractivity contribution in [3.8, 4) is 0 Å². The molecule has 2 rings (SSSR count). The van der Waals surface area contributed by atoms with Gasteiger partial charge in [-0.25, -0.2) is 4.79 Å². The topological polar surface area (TPSA) is 134 Å². The van der Waals surface area contributed by atoms with Crippen LogP contribution in [0, 0.1) is 5.92 Å². The third-order valence-electron chi connectivity index (χ3n) is 6.82. The van der Waals surface area contributed by atoms with Crippen molar-refractivity contribution < 1.29 is 28.7 Å². The fourth-order valence-electron chi connectivity index (χ4n) is 5.00. The number of amides is 4. The van der Waals surface area contributed by atoms with E-state index in [4.69, 9.17) is 4.74 Å². The summed E-state index contributed by atoms with van der Waals surface area (Å²) in [5.41, 5.74) is -0.717. The molecule has 232 valence electrons. The Labute approximate surface area is 246 Å². The van der Waals surface area contributed by atoms with E-state index in [2.05, 4.69) is 43.0 Å². The monoisotopic (exact) mass is 576 g/mol. The molecule has 41 heavy (non-hydrogen) atoms. The van der Waals surface area contributed by atoms with Crippen LogP contribution in [0.4, 0.5) is 4.79 Å². The number of ether oxygens (including phenoxy) is 1. The number of hydrogen-bond donors (Lipinski definition) is 3.